The highest BCUT2D eigenvalue weighted by molar-refractivity contribution is 7.17. The molecule has 0 fully saturated rings. The van der Waals surface area contributed by atoms with Gasteiger partial charge in [-0.15, -0.1) is 11.3 Å². The van der Waals surface area contributed by atoms with E-state index in [-0.39, 0.29) is 10.3 Å². The van der Waals surface area contributed by atoms with Gasteiger partial charge in [0.05, 0.1) is 18.0 Å². The van der Waals surface area contributed by atoms with E-state index < -0.39 is 5.97 Å². The van der Waals surface area contributed by atoms with Gasteiger partial charge in [-0.3, -0.25) is 0 Å². The monoisotopic (exact) mass is 289 g/mol. The lowest BCUT2D eigenvalue weighted by Gasteiger charge is -2.22. The second-order valence-electron chi connectivity index (χ2n) is 5.62. The zero-order valence-corrected chi connectivity index (χ0v) is 12.8. The van der Waals surface area contributed by atoms with Crippen LogP contribution in [0.1, 0.15) is 36.0 Å². The summed E-state index contributed by atoms with van der Waals surface area (Å²) in [6.45, 7) is 6.36. The van der Waals surface area contributed by atoms with Gasteiger partial charge in [-0.2, -0.15) is 0 Å². The van der Waals surface area contributed by atoms with E-state index in [1.807, 2.05) is 18.2 Å². The van der Waals surface area contributed by atoms with Crippen LogP contribution in [0.2, 0.25) is 0 Å². The Morgan fingerprint density at radius 2 is 1.90 bits per heavy atom. The van der Waals surface area contributed by atoms with Crippen molar-refractivity contribution in [1.82, 2.24) is 0 Å². The smallest absolute Gasteiger partial charge is 0.122 e. The Morgan fingerprint density at radius 1 is 1.20 bits per heavy atom. The molecule has 0 saturated heterocycles. The van der Waals surface area contributed by atoms with Crippen molar-refractivity contribution in [1.29, 1.82) is 0 Å². The lowest BCUT2D eigenvalue weighted by Crippen LogP contribution is -2.20. The molecular formula is C16H17O3S-. The van der Waals surface area contributed by atoms with Crippen LogP contribution in [-0.4, -0.2) is 13.1 Å². The van der Waals surface area contributed by atoms with Crippen molar-refractivity contribution in [3.63, 3.8) is 0 Å². The van der Waals surface area contributed by atoms with Gasteiger partial charge in [0.15, 0.2) is 0 Å². The van der Waals surface area contributed by atoms with E-state index in [2.05, 4.69) is 26.8 Å². The minimum atomic E-state index is -1.13. The molecule has 0 bridgehead atoms. The molecule has 0 spiro atoms. The molecule has 3 nitrogen and oxygen atoms in total. The van der Waals surface area contributed by atoms with Gasteiger partial charge in [0.2, 0.25) is 0 Å². The zero-order valence-electron chi connectivity index (χ0n) is 12.0. The van der Waals surface area contributed by atoms with Gasteiger partial charge in [0.1, 0.15) is 5.75 Å². The highest BCUT2D eigenvalue weighted by Crippen LogP contribution is 2.36. The van der Waals surface area contributed by atoms with E-state index in [0.29, 0.717) is 0 Å². The van der Waals surface area contributed by atoms with Crippen molar-refractivity contribution in [3.05, 3.63) is 40.8 Å². The lowest BCUT2D eigenvalue weighted by atomic mass is 9.85. The molecule has 1 aromatic carbocycles. The first-order chi connectivity index (χ1) is 9.32. The fourth-order valence-electron chi connectivity index (χ4n) is 2.05. The number of methoxy groups -OCH3 is 1. The number of rotatable bonds is 3. The minimum Gasteiger partial charge on any atom is -0.544 e. The van der Waals surface area contributed by atoms with E-state index in [9.17, 15) is 9.90 Å². The molecule has 0 radical (unpaired) electrons. The van der Waals surface area contributed by atoms with E-state index in [1.54, 1.807) is 13.2 Å². The average Bonchev–Trinajstić information content (AvgIpc) is 2.86. The maximum absolute atomic E-state index is 10.9. The predicted molar refractivity (Wildman–Crippen MR) is 79.3 cm³/mol. The van der Waals surface area contributed by atoms with E-state index in [4.69, 9.17) is 4.74 Å². The molecule has 0 unspecified atom stereocenters. The summed E-state index contributed by atoms with van der Waals surface area (Å²) in [5.41, 5.74) is 2.05. The largest absolute Gasteiger partial charge is 0.544 e. The standard InChI is InChI=1S/C16H18O3S/c1-16(2,3)11-9-10(5-6-12(11)19-4)13-7-8-14(20-13)15(17)18/h5-9H,1-4H3,(H,17,18)/p-1. The Labute approximate surface area is 122 Å². The van der Waals surface area contributed by atoms with Gasteiger partial charge in [-0.25, -0.2) is 0 Å². The maximum Gasteiger partial charge on any atom is 0.122 e. The number of carboxylic acids is 1. The number of carbonyl (C=O) groups is 1. The summed E-state index contributed by atoms with van der Waals surface area (Å²) in [7, 11) is 1.66. The molecule has 20 heavy (non-hydrogen) atoms. The third-order valence-electron chi connectivity index (χ3n) is 3.10. The van der Waals surface area contributed by atoms with Crippen LogP contribution < -0.4 is 9.84 Å². The first-order valence-corrected chi connectivity index (χ1v) is 7.14. The van der Waals surface area contributed by atoms with Crippen LogP contribution in [-0.2, 0) is 5.41 Å². The summed E-state index contributed by atoms with van der Waals surface area (Å²) >= 11 is 1.22. The van der Waals surface area contributed by atoms with E-state index in [1.165, 1.54) is 11.3 Å². The molecule has 106 valence electrons. The van der Waals surface area contributed by atoms with Crippen LogP contribution in [0.3, 0.4) is 0 Å². The van der Waals surface area contributed by atoms with Crippen LogP contribution >= 0.6 is 11.3 Å². The van der Waals surface area contributed by atoms with Gasteiger partial charge >= 0.3 is 0 Å². The molecule has 0 atom stereocenters. The third-order valence-corrected chi connectivity index (χ3v) is 4.21. The summed E-state index contributed by atoms with van der Waals surface area (Å²) in [4.78, 5) is 12.0. The average molecular weight is 289 g/mol. The highest BCUT2D eigenvalue weighted by Gasteiger charge is 2.19. The number of carbonyl (C=O) groups excluding carboxylic acids is 1. The van der Waals surface area contributed by atoms with Crippen LogP contribution in [0.15, 0.2) is 30.3 Å². The molecule has 0 aliphatic carbocycles. The topological polar surface area (TPSA) is 49.4 Å². The first kappa shape index (κ1) is 14.6. The second kappa shape index (κ2) is 5.29. The lowest BCUT2D eigenvalue weighted by molar-refractivity contribution is -0.254. The highest BCUT2D eigenvalue weighted by atomic mass is 32.1. The normalized spacial score (nSPS) is 11.4. The molecule has 0 saturated carbocycles. The van der Waals surface area contributed by atoms with Crippen LogP contribution in [0.5, 0.6) is 5.75 Å². The van der Waals surface area contributed by atoms with Crippen molar-refractivity contribution >= 4 is 17.3 Å². The van der Waals surface area contributed by atoms with E-state index >= 15 is 0 Å². The van der Waals surface area contributed by atoms with Gasteiger partial charge in [0, 0.05) is 10.4 Å². The zero-order chi connectivity index (χ0) is 14.9. The Kier molecular flexibility index (Phi) is 3.86. The summed E-state index contributed by atoms with van der Waals surface area (Å²) in [6.07, 6.45) is 0. The minimum absolute atomic E-state index is 0.0458. The Bertz CT molecular complexity index is 635. The number of benzene rings is 1. The van der Waals surface area contributed by atoms with Gasteiger partial charge in [-0.05, 0) is 41.3 Å². The molecule has 1 heterocycles. The van der Waals surface area contributed by atoms with E-state index in [0.717, 1.165) is 21.8 Å². The fraction of sp³-hybridized carbons (Fsp3) is 0.312. The fourth-order valence-corrected chi connectivity index (χ4v) is 2.89. The summed E-state index contributed by atoms with van der Waals surface area (Å²) in [5.74, 6) is -0.288. The maximum atomic E-state index is 10.9. The number of ether oxygens (including phenoxy) is 1. The van der Waals surface area contributed by atoms with Crippen molar-refractivity contribution in [2.75, 3.05) is 7.11 Å². The SMILES string of the molecule is COc1ccc(-c2ccc(C(=O)[O-])s2)cc1C(C)(C)C. The quantitative estimate of drug-likeness (QED) is 0.872. The van der Waals surface area contributed by atoms with Crippen molar-refractivity contribution in [3.8, 4) is 16.2 Å². The van der Waals surface area contributed by atoms with Crippen LogP contribution in [0, 0.1) is 0 Å². The number of hydrogen-bond donors (Lipinski definition) is 0. The van der Waals surface area contributed by atoms with Crippen molar-refractivity contribution in [2.45, 2.75) is 26.2 Å². The van der Waals surface area contributed by atoms with Gasteiger partial charge in [0.25, 0.3) is 0 Å². The van der Waals surface area contributed by atoms with Crippen LogP contribution in [0.4, 0.5) is 0 Å². The first-order valence-electron chi connectivity index (χ1n) is 6.33. The van der Waals surface area contributed by atoms with Gasteiger partial charge in [-0.1, -0.05) is 20.8 Å². The Balaban J connectivity index is 2.50. The second-order valence-corrected chi connectivity index (χ2v) is 6.70. The molecular weight excluding hydrogens is 272 g/mol. The molecule has 4 heteroatoms. The molecule has 2 rings (SSSR count). The molecule has 0 N–H and O–H groups in total. The molecule has 0 amide bonds. The van der Waals surface area contributed by atoms with Crippen LogP contribution in [0.25, 0.3) is 10.4 Å². The summed E-state index contributed by atoms with van der Waals surface area (Å²) in [6, 6.07) is 9.32. The predicted octanol–water partition coefficient (Wildman–Crippen LogP) is 3.08. The van der Waals surface area contributed by atoms with Gasteiger partial charge < -0.3 is 14.6 Å². The Morgan fingerprint density at radius 3 is 2.40 bits per heavy atom. The molecule has 0 aliphatic heterocycles. The molecule has 2 aromatic rings. The number of hydrogen-bond acceptors (Lipinski definition) is 4. The number of carboxylic acid groups (broad SMARTS) is 1. The third kappa shape index (κ3) is 2.85. The molecule has 0 aliphatic rings. The number of aromatic carboxylic acids is 1. The summed E-state index contributed by atoms with van der Waals surface area (Å²) in [5, 5.41) is 10.9. The number of thiophene rings is 1. The Hall–Kier alpha value is -1.81. The van der Waals surface area contributed by atoms with Crippen molar-refractivity contribution < 1.29 is 14.6 Å². The van der Waals surface area contributed by atoms with Crippen molar-refractivity contribution in [2.24, 2.45) is 0 Å². The summed E-state index contributed by atoms with van der Waals surface area (Å²) < 4.78 is 5.41. The molecule has 1 aromatic heterocycles.